The van der Waals surface area contributed by atoms with E-state index in [1.54, 1.807) is 6.92 Å². The average molecular weight is 409 g/mol. The number of aliphatic hydroxyl groups is 2. The highest BCUT2D eigenvalue weighted by molar-refractivity contribution is 5.74. The van der Waals surface area contributed by atoms with E-state index < -0.39 is 29.2 Å². The predicted octanol–water partition coefficient (Wildman–Crippen LogP) is 4.43. The summed E-state index contributed by atoms with van der Waals surface area (Å²) in [6.45, 7) is 6.16. The van der Waals surface area contributed by atoms with E-state index in [1.807, 2.05) is 60.7 Å². The lowest BCUT2D eigenvalue weighted by Crippen LogP contribution is -2.57. The van der Waals surface area contributed by atoms with Crippen LogP contribution in [0.2, 0.25) is 0 Å². The summed E-state index contributed by atoms with van der Waals surface area (Å²) < 4.78 is 5.98. The van der Waals surface area contributed by atoms with Crippen molar-refractivity contribution in [1.29, 1.82) is 0 Å². The van der Waals surface area contributed by atoms with Crippen molar-refractivity contribution in [2.24, 2.45) is 16.7 Å². The smallest absolute Gasteiger partial charge is 0.335 e. The Morgan fingerprint density at radius 2 is 1.63 bits per heavy atom. The van der Waals surface area contributed by atoms with Gasteiger partial charge in [-0.15, -0.1) is 0 Å². The van der Waals surface area contributed by atoms with E-state index >= 15 is 0 Å². The molecule has 0 spiro atoms. The maximum Gasteiger partial charge on any atom is 0.335 e. The van der Waals surface area contributed by atoms with Crippen molar-refractivity contribution in [3.63, 3.8) is 0 Å². The third-order valence-electron chi connectivity index (χ3n) is 8.05. The largest absolute Gasteiger partial charge is 0.460 e. The molecule has 2 aliphatic carbocycles. The van der Waals surface area contributed by atoms with Gasteiger partial charge >= 0.3 is 5.97 Å². The molecule has 0 amide bonds. The topological polar surface area (TPSA) is 66.8 Å². The molecule has 2 saturated carbocycles. The fourth-order valence-electron chi connectivity index (χ4n) is 6.35. The maximum atomic E-state index is 12.7. The van der Waals surface area contributed by atoms with Gasteiger partial charge in [0, 0.05) is 5.41 Å². The predicted molar refractivity (Wildman–Crippen MR) is 116 cm³/mol. The first-order valence-electron chi connectivity index (χ1n) is 11.0. The highest BCUT2D eigenvalue weighted by Crippen LogP contribution is 2.73. The molecule has 0 aromatic heterocycles. The number of fused-ring (bicyclic) bond motifs is 2. The van der Waals surface area contributed by atoms with Crippen LogP contribution in [0.5, 0.6) is 0 Å². The Morgan fingerprint density at radius 3 is 2.10 bits per heavy atom. The Kier molecular flexibility index (Phi) is 5.27. The second-order valence-corrected chi connectivity index (χ2v) is 9.46. The van der Waals surface area contributed by atoms with Crippen LogP contribution in [-0.2, 0) is 15.1 Å². The highest BCUT2D eigenvalue weighted by atomic mass is 16.6. The molecule has 0 heterocycles. The fraction of sp³-hybridized carbons (Fsp3) is 0.500. The Labute approximate surface area is 178 Å². The SMILES string of the molecule is CC[C@H](O)C(=O)O[C@@H]1C[C@H]2CC[C@]1(C(O)(c1ccccc1)c1ccccc1)C2(C)C. The molecule has 0 saturated heterocycles. The van der Waals surface area contributed by atoms with Gasteiger partial charge in [0.05, 0.1) is 0 Å². The first-order chi connectivity index (χ1) is 14.3. The minimum absolute atomic E-state index is 0.254. The van der Waals surface area contributed by atoms with Crippen molar-refractivity contribution < 1.29 is 19.7 Å². The molecular formula is C26H32O4. The van der Waals surface area contributed by atoms with Gasteiger partial charge in [-0.25, -0.2) is 4.79 Å². The molecule has 4 rings (SSSR count). The van der Waals surface area contributed by atoms with Crippen molar-refractivity contribution in [3.8, 4) is 0 Å². The van der Waals surface area contributed by atoms with E-state index in [4.69, 9.17) is 4.74 Å². The average Bonchev–Trinajstić information content (AvgIpc) is 3.16. The van der Waals surface area contributed by atoms with Crippen LogP contribution >= 0.6 is 0 Å². The molecule has 30 heavy (non-hydrogen) atoms. The summed E-state index contributed by atoms with van der Waals surface area (Å²) in [6.07, 6.45) is 1.16. The fourth-order valence-corrected chi connectivity index (χ4v) is 6.35. The zero-order valence-electron chi connectivity index (χ0n) is 18.0. The Balaban J connectivity index is 1.91. The monoisotopic (exact) mass is 408 g/mol. The minimum Gasteiger partial charge on any atom is -0.460 e. The summed E-state index contributed by atoms with van der Waals surface area (Å²) >= 11 is 0. The van der Waals surface area contributed by atoms with Gasteiger partial charge in [0.1, 0.15) is 11.7 Å². The number of benzene rings is 2. The van der Waals surface area contributed by atoms with Crippen LogP contribution in [0.4, 0.5) is 0 Å². The summed E-state index contributed by atoms with van der Waals surface area (Å²) in [5.74, 6) is -0.248. The molecule has 2 aromatic rings. The second kappa shape index (κ2) is 7.51. The zero-order valence-corrected chi connectivity index (χ0v) is 18.0. The van der Waals surface area contributed by atoms with Gasteiger partial charge in [-0.05, 0) is 48.1 Å². The first kappa shape index (κ1) is 21.1. The molecule has 4 nitrogen and oxygen atoms in total. The van der Waals surface area contributed by atoms with E-state index in [-0.39, 0.29) is 5.41 Å². The molecule has 0 radical (unpaired) electrons. The Hall–Kier alpha value is -2.17. The van der Waals surface area contributed by atoms with Gasteiger partial charge in [-0.2, -0.15) is 0 Å². The van der Waals surface area contributed by atoms with E-state index in [0.29, 0.717) is 18.8 Å². The van der Waals surface area contributed by atoms with Crippen LogP contribution in [0.1, 0.15) is 57.6 Å². The molecule has 160 valence electrons. The number of hydrogen-bond acceptors (Lipinski definition) is 4. The van der Waals surface area contributed by atoms with Crippen molar-refractivity contribution in [2.45, 2.75) is 64.3 Å². The Morgan fingerprint density at radius 1 is 1.10 bits per heavy atom. The van der Waals surface area contributed by atoms with Gasteiger partial charge in [-0.1, -0.05) is 81.4 Å². The van der Waals surface area contributed by atoms with E-state index in [0.717, 1.165) is 24.0 Å². The lowest BCUT2D eigenvalue weighted by atomic mass is 9.54. The van der Waals surface area contributed by atoms with Crippen LogP contribution in [0, 0.1) is 16.7 Å². The maximum absolute atomic E-state index is 12.7. The number of hydrogen-bond donors (Lipinski definition) is 2. The molecule has 2 bridgehead atoms. The summed E-state index contributed by atoms with van der Waals surface area (Å²) in [5.41, 5.74) is -0.661. The number of esters is 1. The minimum atomic E-state index is -1.33. The number of carbonyl (C=O) groups is 1. The van der Waals surface area contributed by atoms with Gasteiger partial charge in [0.2, 0.25) is 0 Å². The summed E-state index contributed by atoms with van der Waals surface area (Å²) in [5, 5.41) is 22.8. The second-order valence-electron chi connectivity index (χ2n) is 9.46. The molecule has 2 aromatic carbocycles. The van der Waals surface area contributed by atoms with Gasteiger partial charge in [0.15, 0.2) is 6.10 Å². The van der Waals surface area contributed by atoms with Crippen molar-refractivity contribution >= 4 is 5.97 Å². The van der Waals surface area contributed by atoms with Crippen LogP contribution in [0.15, 0.2) is 60.7 Å². The summed E-state index contributed by atoms with van der Waals surface area (Å²) in [7, 11) is 0. The summed E-state index contributed by atoms with van der Waals surface area (Å²) in [4.78, 5) is 12.6. The molecule has 4 atom stereocenters. The molecule has 2 fully saturated rings. The van der Waals surface area contributed by atoms with E-state index in [9.17, 15) is 15.0 Å². The lowest BCUT2D eigenvalue weighted by molar-refractivity contribution is -0.191. The first-order valence-corrected chi connectivity index (χ1v) is 11.0. The van der Waals surface area contributed by atoms with Crippen LogP contribution < -0.4 is 0 Å². The number of rotatable bonds is 6. The van der Waals surface area contributed by atoms with E-state index in [1.165, 1.54) is 0 Å². The summed E-state index contributed by atoms with van der Waals surface area (Å²) in [6, 6.07) is 19.5. The quantitative estimate of drug-likeness (QED) is 0.694. The Bertz CT molecular complexity index is 852. The van der Waals surface area contributed by atoms with Gasteiger partial charge < -0.3 is 14.9 Å². The van der Waals surface area contributed by atoms with Crippen LogP contribution in [-0.4, -0.2) is 28.4 Å². The third-order valence-corrected chi connectivity index (χ3v) is 8.05. The van der Waals surface area contributed by atoms with Gasteiger partial charge in [-0.3, -0.25) is 0 Å². The molecule has 2 N–H and O–H groups in total. The van der Waals surface area contributed by atoms with Crippen molar-refractivity contribution in [3.05, 3.63) is 71.8 Å². The van der Waals surface area contributed by atoms with Crippen LogP contribution in [0.25, 0.3) is 0 Å². The molecule has 4 heteroatoms. The van der Waals surface area contributed by atoms with Gasteiger partial charge in [0.25, 0.3) is 0 Å². The van der Waals surface area contributed by atoms with E-state index in [2.05, 4.69) is 13.8 Å². The molecule has 0 aliphatic heterocycles. The van der Waals surface area contributed by atoms with Crippen molar-refractivity contribution in [1.82, 2.24) is 0 Å². The highest BCUT2D eigenvalue weighted by Gasteiger charge is 2.74. The third kappa shape index (κ3) is 2.77. The molecule has 0 unspecified atom stereocenters. The molecular weight excluding hydrogens is 376 g/mol. The zero-order chi connectivity index (χ0) is 21.6. The normalized spacial score (nSPS) is 28.3. The lowest BCUT2D eigenvalue weighted by Gasteiger charge is -2.53. The number of ether oxygens (including phenoxy) is 1. The van der Waals surface area contributed by atoms with Crippen LogP contribution in [0.3, 0.4) is 0 Å². The number of carbonyl (C=O) groups excluding carboxylic acids is 1. The number of aliphatic hydroxyl groups excluding tert-OH is 1. The molecule has 2 aliphatic rings. The standard InChI is InChI=1S/C26H32O4/c1-4-21(27)23(28)30-22-17-20-15-16-25(22,24(20,2)3)26(29,18-11-7-5-8-12-18)19-13-9-6-10-14-19/h5-14,20-22,27,29H,4,15-17H2,1-3H3/t20-,21+,22-,25-/m1/s1. The van der Waals surface area contributed by atoms with Crippen molar-refractivity contribution in [2.75, 3.05) is 0 Å².